The van der Waals surface area contributed by atoms with Crippen LogP contribution in [0.5, 0.6) is 0 Å². The molecule has 1 saturated carbocycles. The molecule has 2 aliphatic heterocycles. The van der Waals surface area contributed by atoms with Gasteiger partial charge < -0.3 is 4.74 Å². The van der Waals surface area contributed by atoms with Gasteiger partial charge in [0, 0.05) is 43.9 Å². The molecule has 0 amide bonds. The van der Waals surface area contributed by atoms with Crippen LogP contribution in [0.25, 0.3) is 0 Å². The van der Waals surface area contributed by atoms with E-state index >= 15 is 0 Å². The van der Waals surface area contributed by atoms with Crippen molar-refractivity contribution >= 4 is 10.2 Å². The average Bonchev–Trinajstić information content (AvgIpc) is 3.36. The van der Waals surface area contributed by atoms with Gasteiger partial charge in [0.25, 0.3) is 10.2 Å². The first kappa shape index (κ1) is 19.2. The Labute approximate surface area is 159 Å². The van der Waals surface area contributed by atoms with Gasteiger partial charge in [-0.1, -0.05) is 19.3 Å². The lowest BCUT2D eigenvalue weighted by Crippen LogP contribution is -2.48. The molecule has 2 atom stereocenters. The number of rotatable bonds is 5. The molecule has 1 aromatic heterocycles. The van der Waals surface area contributed by atoms with Crippen LogP contribution in [0.15, 0.2) is 0 Å². The molecule has 3 heterocycles. The Morgan fingerprint density at radius 2 is 1.85 bits per heavy atom. The van der Waals surface area contributed by atoms with Crippen LogP contribution in [-0.2, 0) is 14.9 Å². The van der Waals surface area contributed by atoms with E-state index in [9.17, 15) is 12.8 Å². The van der Waals surface area contributed by atoms with Gasteiger partial charge in [-0.25, -0.2) is 4.98 Å². The number of nitrogens with one attached hydrogen (secondary N) is 1. The molecule has 0 spiro atoms. The van der Waals surface area contributed by atoms with Gasteiger partial charge in [0.1, 0.15) is 5.82 Å². The number of hydrogen-bond acceptors (Lipinski definition) is 5. The van der Waals surface area contributed by atoms with E-state index in [1.807, 2.05) is 0 Å². The molecule has 1 N–H and O–H groups in total. The van der Waals surface area contributed by atoms with Gasteiger partial charge in [-0.05, 0) is 12.8 Å². The number of aromatic amines is 1. The first-order valence-corrected chi connectivity index (χ1v) is 11.3. The van der Waals surface area contributed by atoms with Crippen LogP contribution in [0.3, 0.4) is 0 Å². The molecular formula is C17H28FN5O3S. The van der Waals surface area contributed by atoms with Gasteiger partial charge >= 0.3 is 0 Å². The second-order valence-corrected chi connectivity index (χ2v) is 9.70. The number of morpholine rings is 1. The molecule has 1 aromatic rings. The van der Waals surface area contributed by atoms with Gasteiger partial charge in [0.2, 0.25) is 0 Å². The standard InChI is InChI=1S/C17H28FN5O3S/c18-10-14-11-23(27(24,25)22-6-8-26-9-7-22)12-15(14)17-19-16(20-21-17)13-4-2-1-3-5-13/h13-15H,1-12H2,(H,19,20,21). The minimum atomic E-state index is -3.60. The van der Waals surface area contributed by atoms with Crippen molar-refractivity contribution in [2.75, 3.05) is 46.1 Å². The number of ether oxygens (including phenoxy) is 1. The van der Waals surface area contributed by atoms with E-state index in [-0.39, 0.29) is 19.0 Å². The predicted octanol–water partition coefficient (Wildman–Crippen LogP) is 1.41. The maximum atomic E-state index is 13.7. The second-order valence-electron chi connectivity index (χ2n) is 7.77. The Morgan fingerprint density at radius 1 is 1.11 bits per heavy atom. The molecule has 2 saturated heterocycles. The van der Waals surface area contributed by atoms with Gasteiger partial charge in [0.15, 0.2) is 5.82 Å². The van der Waals surface area contributed by atoms with Crippen molar-refractivity contribution in [2.45, 2.75) is 43.9 Å². The third kappa shape index (κ3) is 3.90. The minimum absolute atomic E-state index is 0.181. The maximum absolute atomic E-state index is 13.7. The van der Waals surface area contributed by atoms with E-state index in [1.54, 1.807) is 0 Å². The van der Waals surface area contributed by atoms with E-state index in [1.165, 1.54) is 27.9 Å². The van der Waals surface area contributed by atoms with Gasteiger partial charge in [0.05, 0.1) is 19.9 Å². The van der Waals surface area contributed by atoms with Crippen LogP contribution < -0.4 is 0 Å². The largest absolute Gasteiger partial charge is 0.379 e. The van der Waals surface area contributed by atoms with Crippen molar-refractivity contribution in [3.05, 3.63) is 11.6 Å². The Balaban J connectivity index is 1.49. The number of hydrogen-bond donors (Lipinski definition) is 1. The zero-order valence-corrected chi connectivity index (χ0v) is 16.3. The highest BCUT2D eigenvalue weighted by Gasteiger charge is 2.43. The molecule has 4 rings (SSSR count). The number of aromatic nitrogens is 3. The topological polar surface area (TPSA) is 91.4 Å². The van der Waals surface area contributed by atoms with Crippen LogP contribution in [0.2, 0.25) is 0 Å². The average molecular weight is 402 g/mol. The Kier molecular flexibility index (Phi) is 5.77. The molecule has 0 aromatic carbocycles. The van der Waals surface area contributed by atoms with Gasteiger partial charge in [-0.3, -0.25) is 9.49 Å². The SMILES string of the molecule is O=S(=O)(N1CCOCC1)N1CC(CF)C(c2nc(C3CCCCC3)n[nH]2)C1. The highest BCUT2D eigenvalue weighted by atomic mass is 32.2. The van der Waals surface area contributed by atoms with E-state index in [0.29, 0.717) is 38.0 Å². The maximum Gasteiger partial charge on any atom is 0.282 e. The summed E-state index contributed by atoms with van der Waals surface area (Å²) in [7, 11) is -3.60. The first-order valence-electron chi connectivity index (χ1n) is 9.90. The molecule has 3 fully saturated rings. The first-order chi connectivity index (χ1) is 13.1. The molecule has 8 nitrogen and oxygen atoms in total. The molecule has 0 bridgehead atoms. The van der Waals surface area contributed by atoms with Crippen LogP contribution in [-0.4, -0.2) is 78.3 Å². The highest BCUT2D eigenvalue weighted by molar-refractivity contribution is 7.86. The predicted molar refractivity (Wildman–Crippen MR) is 97.3 cm³/mol. The molecular weight excluding hydrogens is 373 g/mol. The molecule has 1 aliphatic carbocycles. The molecule has 10 heteroatoms. The third-order valence-electron chi connectivity index (χ3n) is 6.07. The van der Waals surface area contributed by atoms with E-state index < -0.39 is 22.8 Å². The summed E-state index contributed by atoms with van der Waals surface area (Å²) < 4.78 is 47.6. The van der Waals surface area contributed by atoms with E-state index in [4.69, 9.17) is 4.74 Å². The Hall–Kier alpha value is -1.10. The van der Waals surface area contributed by atoms with Gasteiger partial charge in [-0.2, -0.15) is 22.1 Å². The third-order valence-corrected chi connectivity index (χ3v) is 8.04. The van der Waals surface area contributed by atoms with Crippen LogP contribution in [0.4, 0.5) is 4.39 Å². The van der Waals surface area contributed by atoms with Crippen molar-refractivity contribution in [2.24, 2.45) is 5.92 Å². The Morgan fingerprint density at radius 3 is 2.56 bits per heavy atom. The fourth-order valence-electron chi connectivity index (χ4n) is 4.42. The van der Waals surface area contributed by atoms with Crippen molar-refractivity contribution in [1.82, 2.24) is 23.8 Å². The smallest absolute Gasteiger partial charge is 0.282 e. The van der Waals surface area contributed by atoms with Crippen molar-refractivity contribution < 1.29 is 17.5 Å². The molecule has 152 valence electrons. The van der Waals surface area contributed by atoms with Crippen LogP contribution in [0.1, 0.15) is 55.6 Å². The molecule has 3 aliphatic rings. The number of halogens is 1. The van der Waals surface area contributed by atoms with Crippen LogP contribution >= 0.6 is 0 Å². The summed E-state index contributed by atoms with van der Waals surface area (Å²) in [6.45, 7) is 1.34. The number of H-pyrrole nitrogens is 1. The Bertz CT molecular complexity index is 731. The fourth-order valence-corrected chi connectivity index (χ4v) is 6.09. The molecule has 27 heavy (non-hydrogen) atoms. The number of alkyl halides is 1. The summed E-state index contributed by atoms with van der Waals surface area (Å²) in [6.07, 6.45) is 5.82. The number of nitrogens with zero attached hydrogens (tertiary/aromatic N) is 4. The summed E-state index contributed by atoms with van der Waals surface area (Å²) >= 11 is 0. The zero-order chi connectivity index (χ0) is 18.9. The minimum Gasteiger partial charge on any atom is -0.379 e. The lowest BCUT2D eigenvalue weighted by atomic mass is 9.89. The monoisotopic (exact) mass is 401 g/mol. The van der Waals surface area contributed by atoms with Crippen molar-refractivity contribution in [3.63, 3.8) is 0 Å². The normalized spacial score (nSPS) is 29.4. The van der Waals surface area contributed by atoms with Gasteiger partial charge in [-0.15, -0.1) is 0 Å². The summed E-state index contributed by atoms with van der Waals surface area (Å²) in [5.41, 5.74) is 0. The molecule has 0 radical (unpaired) electrons. The summed E-state index contributed by atoms with van der Waals surface area (Å²) in [5.74, 6) is 1.11. The fraction of sp³-hybridized carbons (Fsp3) is 0.882. The molecule has 2 unspecified atom stereocenters. The lowest BCUT2D eigenvalue weighted by molar-refractivity contribution is 0.0705. The van der Waals surface area contributed by atoms with Crippen LogP contribution in [0, 0.1) is 5.92 Å². The second kappa shape index (κ2) is 8.10. The van der Waals surface area contributed by atoms with Crippen molar-refractivity contribution in [3.8, 4) is 0 Å². The highest BCUT2D eigenvalue weighted by Crippen LogP contribution is 2.36. The lowest BCUT2D eigenvalue weighted by Gasteiger charge is -2.30. The quantitative estimate of drug-likeness (QED) is 0.806. The van der Waals surface area contributed by atoms with E-state index in [0.717, 1.165) is 18.7 Å². The summed E-state index contributed by atoms with van der Waals surface area (Å²) in [4.78, 5) is 4.65. The summed E-state index contributed by atoms with van der Waals surface area (Å²) in [6, 6.07) is 0. The zero-order valence-electron chi connectivity index (χ0n) is 15.5. The summed E-state index contributed by atoms with van der Waals surface area (Å²) in [5, 5.41) is 7.35. The van der Waals surface area contributed by atoms with Crippen molar-refractivity contribution in [1.29, 1.82) is 0 Å². The van der Waals surface area contributed by atoms with E-state index in [2.05, 4.69) is 15.2 Å².